The van der Waals surface area contributed by atoms with Crippen LogP contribution in [-0.4, -0.2) is 81.3 Å². The monoisotopic (exact) mass is 443 g/mol. The third-order valence-electron chi connectivity index (χ3n) is 5.87. The number of carbonyl (C=O) groups is 4. The maximum atomic E-state index is 12.8. The van der Waals surface area contributed by atoms with Crippen molar-refractivity contribution in [3.8, 4) is 0 Å². The van der Waals surface area contributed by atoms with Gasteiger partial charge in [-0.05, 0) is 38.8 Å². The molecule has 1 atom stereocenters. The lowest BCUT2D eigenvalue weighted by molar-refractivity contribution is -0.136. The largest absolute Gasteiger partial charge is 0.444 e. The smallest absolute Gasteiger partial charge is 0.410 e. The zero-order valence-corrected chi connectivity index (χ0v) is 18.7. The van der Waals surface area contributed by atoms with Gasteiger partial charge in [-0.2, -0.15) is 0 Å². The number of imide groups is 1. The van der Waals surface area contributed by atoms with Crippen molar-refractivity contribution in [1.82, 2.24) is 25.0 Å². The van der Waals surface area contributed by atoms with Crippen LogP contribution in [-0.2, 0) is 27.4 Å². The summed E-state index contributed by atoms with van der Waals surface area (Å²) < 4.78 is 5.44. The molecule has 32 heavy (non-hydrogen) atoms. The molecular weight excluding hydrogens is 414 g/mol. The Bertz CT molecular complexity index is 949. The molecule has 0 aliphatic carbocycles. The van der Waals surface area contributed by atoms with Gasteiger partial charge in [0.2, 0.25) is 11.8 Å². The van der Waals surface area contributed by atoms with Gasteiger partial charge in [-0.15, -0.1) is 0 Å². The van der Waals surface area contributed by atoms with E-state index >= 15 is 0 Å². The molecule has 1 unspecified atom stereocenters. The fourth-order valence-corrected chi connectivity index (χ4v) is 4.24. The molecule has 1 aromatic rings. The Labute approximate surface area is 186 Å². The van der Waals surface area contributed by atoms with Crippen LogP contribution in [0.2, 0.25) is 0 Å². The van der Waals surface area contributed by atoms with Gasteiger partial charge in [0.25, 0.3) is 5.91 Å². The first-order valence-corrected chi connectivity index (χ1v) is 10.9. The second kappa shape index (κ2) is 8.50. The fraction of sp³-hybridized carbons (Fsp3) is 0.591. The molecule has 3 aliphatic heterocycles. The number of piperazine rings is 1. The molecule has 4 heterocycles. The van der Waals surface area contributed by atoms with Crippen LogP contribution in [0.25, 0.3) is 0 Å². The average molecular weight is 444 g/mol. The van der Waals surface area contributed by atoms with Crippen molar-refractivity contribution >= 4 is 23.8 Å². The van der Waals surface area contributed by atoms with Crippen LogP contribution in [0.5, 0.6) is 0 Å². The number of hydrogen-bond acceptors (Lipinski definition) is 7. The van der Waals surface area contributed by atoms with E-state index < -0.39 is 17.6 Å². The second-order valence-corrected chi connectivity index (χ2v) is 9.48. The molecule has 1 aromatic heterocycles. The minimum absolute atomic E-state index is 0.223. The van der Waals surface area contributed by atoms with Crippen LogP contribution in [0.15, 0.2) is 12.3 Å². The molecule has 10 heteroatoms. The molecule has 0 aromatic carbocycles. The summed E-state index contributed by atoms with van der Waals surface area (Å²) in [6.45, 7) is 9.10. The van der Waals surface area contributed by atoms with E-state index in [9.17, 15) is 19.2 Å². The Hall–Kier alpha value is -3.01. The number of amides is 4. The average Bonchev–Trinajstić information content (AvgIpc) is 3.03. The van der Waals surface area contributed by atoms with Crippen molar-refractivity contribution in [3.05, 3.63) is 29.1 Å². The highest BCUT2D eigenvalue weighted by Gasteiger charge is 2.39. The lowest BCUT2D eigenvalue weighted by Crippen LogP contribution is -2.52. The minimum atomic E-state index is -0.628. The molecule has 2 saturated heterocycles. The Balaban J connectivity index is 1.35. The number of aromatic nitrogens is 1. The number of ether oxygens (including phenoxy) is 1. The molecule has 0 saturated carbocycles. The number of nitrogens with zero attached hydrogens (tertiary/aromatic N) is 4. The first kappa shape index (κ1) is 22.2. The summed E-state index contributed by atoms with van der Waals surface area (Å²) in [5, 5.41) is 2.31. The lowest BCUT2D eigenvalue weighted by Gasteiger charge is -2.35. The van der Waals surface area contributed by atoms with Gasteiger partial charge in [-0.3, -0.25) is 29.6 Å². The number of rotatable bonds is 3. The van der Waals surface area contributed by atoms with Crippen molar-refractivity contribution in [2.24, 2.45) is 0 Å². The van der Waals surface area contributed by atoms with Gasteiger partial charge < -0.3 is 14.5 Å². The van der Waals surface area contributed by atoms with Crippen molar-refractivity contribution in [1.29, 1.82) is 0 Å². The summed E-state index contributed by atoms with van der Waals surface area (Å²) in [7, 11) is 0. The standard InChI is InChI=1S/C22H29N5O5/c1-22(2,3)32-21(31)26-8-6-25(7-9-26)13-15-10-14-12-27(20(30)16(14)11-23-15)17-4-5-18(28)24-19(17)29/h10-11,17H,4-9,12-13H2,1-3H3,(H,24,28,29). The predicted octanol–water partition coefficient (Wildman–Crippen LogP) is 0.895. The highest BCUT2D eigenvalue weighted by atomic mass is 16.6. The molecule has 1 N–H and O–H groups in total. The summed E-state index contributed by atoms with van der Waals surface area (Å²) >= 11 is 0. The van der Waals surface area contributed by atoms with E-state index in [1.807, 2.05) is 26.8 Å². The van der Waals surface area contributed by atoms with Crippen LogP contribution < -0.4 is 5.32 Å². The topological polar surface area (TPSA) is 112 Å². The first-order chi connectivity index (χ1) is 15.1. The Morgan fingerprint density at radius 2 is 1.91 bits per heavy atom. The summed E-state index contributed by atoms with van der Waals surface area (Å²) in [5.74, 6) is -0.941. The third kappa shape index (κ3) is 4.74. The maximum absolute atomic E-state index is 12.8. The van der Waals surface area contributed by atoms with Gasteiger partial charge in [0, 0.05) is 51.9 Å². The quantitative estimate of drug-likeness (QED) is 0.691. The number of nitrogens with one attached hydrogen (secondary N) is 1. The highest BCUT2D eigenvalue weighted by molar-refractivity contribution is 6.05. The van der Waals surface area contributed by atoms with Crippen LogP contribution in [0.1, 0.15) is 55.2 Å². The zero-order valence-electron chi connectivity index (χ0n) is 18.7. The van der Waals surface area contributed by atoms with E-state index in [0.29, 0.717) is 51.3 Å². The van der Waals surface area contributed by atoms with Crippen LogP contribution >= 0.6 is 0 Å². The molecule has 2 fully saturated rings. The minimum Gasteiger partial charge on any atom is -0.444 e. The molecule has 0 bridgehead atoms. The fourth-order valence-electron chi connectivity index (χ4n) is 4.24. The van der Waals surface area contributed by atoms with Gasteiger partial charge >= 0.3 is 6.09 Å². The van der Waals surface area contributed by atoms with Crippen molar-refractivity contribution in [2.75, 3.05) is 26.2 Å². The van der Waals surface area contributed by atoms with Gasteiger partial charge in [-0.25, -0.2) is 4.79 Å². The summed E-state index contributed by atoms with van der Waals surface area (Å²) in [6, 6.07) is 1.29. The van der Waals surface area contributed by atoms with Gasteiger partial charge in [0.1, 0.15) is 11.6 Å². The summed E-state index contributed by atoms with van der Waals surface area (Å²) in [5.41, 5.74) is 1.68. The lowest BCUT2D eigenvalue weighted by atomic mass is 10.0. The Morgan fingerprint density at radius 3 is 2.56 bits per heavy atom. The van der Waals surface area contributed by atoms with Gasteiger partial charge in [-0.1, -0.05) is 0 Å². The van der Waals surface area contributed by atoms with Crippen LogP contribution in [0.3, 0.4) is 0 Å². The van der Waals surface area contributed by atoms with E-state index in [1.54, 1.807) is 11.1 Å². The van der Waals surface area contributed by atoms with Crippen LogP contribution in [0, 0.1) is 0 Å². The molecule has 10 nitrogen and oxygen atoms in total. The second-order valence-electron chi connectivity index (χ2n) is 9.48. The summed E-state index contributed by atoms with van der Waals surface area (Å²) in [4.78, 5) is 58.5. The van der Waals surface area contributed by atoms with Crippen molar-refractivity contribution < 1.29 is 23.9 Å². The third-order valence-corrected chi connectivity index (χ3v) is 5.87. The first-order valence-electron chi connectivity index (χ1n) is 10.9. The Morgan fingerprint density at radius 1 is 1.19 bits per heavy atom. The SMILES string of the molecule is CC(C)(C)OC(=O)N1CCN(Cc2cc3c(cn2)C(=O)N(C2CCC(=O)NC2=O)C3)CC1. The Kier molecular flexibility index (Phi) is 5.89. The van der Waals surface area contributed by atoms with Crippen molar-refractivity contribution in [2.45, 2.75) is 58.3 Å². The maximum Gasteiger partial charge on any atom is 0.410 e. The van der Waals surface area contributed by atoms with Crippen LogP contribution in [0.4, 0.5) is 4.79 Å². The highest BCUT2D eigenvalue weighted by Crippen LogP contribution is 2.27. The predicted molar refractivity (Wildman–Crippen MR) is 113 cm³/mol. The van der Waals surface area contributed by atoms with Crippen molar-refractivity contribution in [3.63, 3.8) is 0 Å². The van der Waals surface area contributed by atoms with Gasteiger partial charge in [0.15, 0.2) is 0 Å². The molecule has 4 rings (SSSR count). The molecule has 3 aliphatic rings. The number of piperidine rings is 1. The summed E-state index contributed by atoms with van der Waals surface area (Å²) in [6.07, 6.45) is 1.86. The number of pyridine rings is 1. The molecule has 0 spiro atoms. The van der Waals surface area contributed by atoms with Gasteiger partial charge in [0.05, 0.1) is 11.3 Å². The van der Waals surface area contributed by atoms with E-state index in [1.165, 1.54) is 4.90 Å². The van der Waals surface area contributed by atoms with E-state index in [-0.39, 0.29) is 24.3 Å². The molecule has 172 valence electrons. The molecule has 4 amide bonds. The number of carbonyl (C=O) groups excluding carboxylic acids is 4. The normalized spacial score (nSPS) is 22.1. The molecular formula is C22H29N5O5. The van der Waals surface area contributed by atoms with E-state index in [4.69, 9.17) is 4.74 Å². The number of hydrogen-bond donors (Lipinski definition) is 1. The number of fused-ring (bicyclic) bond motifs is 1. The van der Waals surface area contributed by atoms with E-state index in [2.05, 4.69) is 15.2 Å². The zero-order chi connectivity index (χ0) is 23.0. The molecule has 0 radical (unpaired) electrons. The van der Waals surface area contributed by atoms with E-state index in [0.717, 1.165) is 11.3 Å².